The lowest BCUT2D eigenvalue weighted by molar-refractivity contribution is -0.384. The summed E-state index contributed by atoms with van der Waals surface area (Å²) in [6.45, 7) is 1.80. The molecule has 8 nitrogen and oxygen atoms in total. The van der Waals surface area contributed by atoms with Crippen LogP contribution in [0.4, 0.5) is 10.8 Å². The van der Waals surface area contributed by atoms with E-state index in [2.05, 4.69) is 10.3 Å². The van der Waals surface area contributed by atoms with Crippen LogP contribution in [0.1, 0.15) is 11.4 Å². The number of thiazole rings is 1. The van der Waals surface area contributed by atoms with Gasteiger partial charge < -0.3 is 4.57 Å². The molecule has 28 heavy (non-hydrogen) atoms. The van der Waals surface area contributed by atoms with E-state index in [1.807, 2.05) is 6.07 Å². The van der Waals surface area contributed by atoms with Crippen LogP contribution in [0, 0.1) is 28.4 Å². The highest BCUT2D eigenvalue weighted by Gasteiger charge is 2.16. The van der Waals surface area contributed by atoms with Crippen molar-refractivity contribution in [1.29, 1.82) is 5.26 Å². The number of aromatic nitrogens is 2. The van der Waals surface area contributed by atoms with Gasteiger partial charge >= 0.3 is 0 Å². The van der Waals surface area contributed by atoms with Crippen molar-refractivity contribution in [3.05, 3.63) is 74.0 Å². The number of halogens is 1. The molecule has 0 aliphatic rings. The molecule has 0 bridgehead atoms. The van der Waals surface area contributed by atoms with Crippen LogP contribution in [-0.4, -0.2) is 20.4 Å². The summed E-state index contributed by atoms with van der Waals surface area (Å²) in [5.41, 5.74) is 1.37. The smallest absolute Gasteiger partial charge is 0.289 e. The van der Waals surface area contributed by atoms with Crippen LogP contribution in [0.5, 0.6) is 0 Å². The Morgan fingerprint density at radius 2 is 2.25 bits per heavy atom. The summed E-state index contributed by atoms with van der Waals surface area (Å²) in [4.78, 5) is 27.0. The second-order valence-corrected chi connectivity index (χ2v) is 6.88. The van der Waals surface area contributed by atoms with Crippen molar-refractivity contribution >= 4 is 45.7 Å². The zero-order valence-corrected chi connectivity index (χ0v) is 16.0. The third kappa shape index (κ3) is 4.09. The van der Waals surface area contributed by atoms with Gasteiger partial charge in [-0.3, -0.25) is 20.2 Å². The lowest BCUT2D eigenvalue weighted by Gasteiger charge is -2.08. The molecule has 0 fully saturated rings. The van der Waals surface area contributed by atoms with Crippen LogP contribution < -0.4 is 5.32 Å². The number of carbonyl (C=O) groups is 1. The summed E-state index contributed by atoms with van der Waals surface area (Å²) in [6, 6.07) is 9.60. The van der Waals surface area contributed by atoms with Gasteiger partial charge in [0.25, 0.3) is 11.6 Å². The van der Waals surface area contributed by atoms with Gasteiger partial charge in [-0.05, 0) is 37.3 Å². The van der Waals surface area contributed by atoms with Crippen molar-refractivity contribution in [1.82, 2.24) is 9.55 Å². The minimum Gasteiger partial charge on any atom is -0.317 e. The quantitative estimate of drug-likeness (QED) is 0.289. The number of anilines is 1. The molecule has 1 aromatic carbocycles. The maximum Gasteiger partial charge on any atom is 0.289 e. The monoisotopic (exact) mass is 413 g/mol. The molecule has 1 amide bonds. The summed E-state index contributed by atoms with van der Waals surface area (Å²) < 4.78 is 1.61. The van der Waals surface area contributed by atoms with Gasteiger partial charge in [0.2, 0.25) is 0 Å². The average molecular weight is 414 g/mol. The second kappa shape index (κ2) is 8.04. The first-order chi connectivity index (χ1) is 13.4. The highest BCUT2D eigenvalue weighted by Crippen LogP contribution is 2.28. The minimum absolute atomic E-state index is 0.0221. The SMILES string of the molecule is Cc1csc(NC(=O)/C(C#N)=C\c2cccn2-c2ccc(Cl)c([N+](=O)[O-])c2)n1. The first-order valence-corrected chi connectivity index (χ1v) is 9.11. The number of nitrogens with one attached hydrogen (secondary N) is 1. The van der Waals surface area contributed by atoms with E-state index in [0.29, 0.717) is 16.5 Å². The maximum absolute atomic E-state index is 12.4. The topological polar surface area (TPSA) is 114 Å². The van der Waals surface area contributed by atoms with E-state index in [1.54, 1.807) is 41.3 Å². The standard InChI is InChI=1S/C18H12ClN5O3S/c1-11-10-28-18(21-11)22-17(25)12(9-20)7-13-3-2-6-23(13)14-4-5-15(19)16(8-14)24(26)27/h2-8,10H,1H3,(H,21,22,25)/b12-7-. The van der Waals surface area contributed by atoms with E-state index in [4.69, 9.17) is 11.6 Å². The highest BCUT2D eigenvalue weighted by atomic mass is 35.5. The van der Waals surface area contributed by atoms with Crippen molar-refractivity contribution in [2.75, 3.05) is 5.32 Å². The second-order valence-electron chi connectivity index (χ2n) is 5.61. The van der Waals surface area contributed by atoms with E-state index in [-0.39, 0.29) is 16.3 Å². The van der Waals surface area contributed by atoms with Gasteiger partial charge in [0.15, 0.2) is 5.13 Å². The summed E-state index contributed by atoms with van der Waals surface area (Å²) >= 11 is 7.11. The third-order valence-electron chi connectivity index (χ3n) is 3.68. The highest BCUT2D eigenvalue weighted by molar-refractivity contribution is 7.13. The Balaban J connectivity index is 1.94. The Hall–Kier alpha value is -3.48. The van der Waals surface area contributed by atoms with E-state index in [1.165, 1.54) is 29.5 Å². The van der Waals surface area contributed by atoms with E-state index in [0.717, 1.165) is 5.69 Å². The number of amides is 1. The normalized spacial score (nSPS) is 11.1. The number of benzene rings is 1. The van der Waals surface area contributed by atoms with Crippen molar-refractivity contribution in [3.8, 4) is 11.8 Å². The third-order valence-corrected chi connectivity index (χ3v) is 4.88. The van der Waals surface area contributed by atoms with Crippen LogP contribution in [0.25, 0.3) is 11.8 Å². The van der Waals surface area contributed by atoms with Crippen molar-refractivity contribution in [2.24, 2.45) is 0 Å². The molecule has 0 aliphatic carbocycles. The molecule has 0 aliphatic heterocycles. The van der Waals surface area contributed by atoms with Crippen LogP contribution >= 0.6 is 22.9 Å². The van der Waals surface area contributed by atoms with E-state index in [9.17, 15) is 20.2 Å². The lowest BCUT2D eigenvalue weighted by Crippen LogP contribution is -2.13. The molecule has 0 radical (unpaired) electrons. The summed E-state index contributed by atoms with van der Waals surface area (Å²) in [6.07, 6.45) is 3.06. The molecule has 3 rings (SSSR count). The van der Waals surface area contributed by atoms with Gasteiger partial charge in [0.1, 0.15) is 16.7 Å². The Morgan fingerprint density at radius 3 is 2.89 bits per heavy atom. The van der Waals surface area contributed by atoms with Gasteiger partial charge in [-0.15, -0.1) is 11.3 Å². The summed E-state index contributed by atoms with van der Waals surface area (Å²) in [5.74, 6) is -0.591. The van der Waals surface area contributed by atoms with Crippen LogP contribution in [0.2, 0.25) is 5.02 Å². The molecule has 2 aromatic heterocycles. The number of hydrogen-bond acceptors (Lipinski definition) is 6. The molecule has 10 heteroatoms. The fourth-order valence-corrected chi connectivity index (χ4v) is 3.28. The molecule has 0 atom stereocenters. The molecule has 140 valence electrons. The van der Waals surface area contributed by atoms with Gasteiger partial charge in [-0.2, -0.15) is 5.26 Å². The minimum atomic E-state index is -0.591. The van der Waals surface area contributed by atoms with Crippen molar-refractivity contribution in [3.63, 3.8) is 0 Å². The van der Waals surface area contributed by atoms with Gasteiger partial charge in [0.05, 0.1) is 16.3 Å². The fourth-order valence-electron chi connectivity index (χ4n) is 2.41. The fraction of sp³-hybridized carbons (Fsp3) is 0.0556. The lowest BCUT2D eigenvalue weighted by atomic mass is 10.2. The predicted molar refractivity (Wildman–Crippen MR) is 107 cm³/mol. The molecule has 1 N–H and O–H groups in total. The molecular weight excluding hydrogens is 402 g/mol. The number of carbonyl (C=O) groups excluding carboxylic acids is 1. The van der Waals surface area contributed by atoms with Gasteiger partial charge in [0, 0.05) is 23.3 Å². The van der Waals surface area contributed by atoms with Crippen molar-refractivity contribution < 1.29 is 9.72 Å². The largest absolute Gasteiger partial charge is 0.317 e. The summed E-state index contributed by atoms with van der Waals surface area (Å²) in [5, 5.41) is 25.3. The number of hydrogen-bond donors (Lipinski definition) is 1. The first-order valence-electron chi connectivity index (χ1n) is 7.86. The average Bonchev–Trinajstić information content (AvgIpc) is 3.28. The van der Waals surface area contributed by atoms with Crippen LogP contribution in [0.3, 0.4) is 0 Å². The first kappa shape index (κ1) is 19.3. The number of nitro groups is 1. The van der Waals surface area contributed by atoms with Crippen LogP contribution in [-0.2, 0) is 4.79 Å². The Kier molecular flexibility index (Phi) is 5.54. The zero-order valence-electron chi connectivity index (χ0n) is 14.4. The number of aryl methyl sites for hydroxylation is 1. The van der Waals surface area contributed by atoms with Crippen molar-refractivity contribution in [2.45, 2.75) is 6.92 Å². The Labute approximate surface area is 168 Å². The number of nitrogens with zero attached hydrogens (tertiary/aromatic N) is 4. The molecule has 0 saturated heterocycles. The predicted octanol–water partition coefficient (Wildman–Crippen LogP) is 4.35. The van der Waals surface area contributed by atoms with Crippen LogP contribution in [0.15, 0.2) is 47.5 Å². The molecular formula is C18H12ClN5O3S. The number of rotatable bonds is 5. The summed E-state index contributed by atoms with van der Waals surface area (Å²) in [7, 11) is 0. The number of nitriles is 1. The van der Waals surface area contributed by atoms with Gasteiger partial charge in [-0.25, -0.2) is 4.98 Å². The molecule has 0 spiro atoms. The molecule has 0 saturated carbocycles. The molecule has 2 heterocycles. The maximum atomic E-state index is 12.4. The number of nitro benzene ring substituents is 1. The van der Waals surface area contributed by atoms with Gasteiger partial charge in [-0.1, -0.05) is 11.6 Å². The Bertz CT molecular complexity index is 1140. The molecule has 0 unspecified atom stereocenters. The Morgan fingerprint density at radius 1 is 1.46 bits per heavy atom. The molecule has 3 aromatic rings. The van der Waals surface area contributed by atoms with E-state index < -0.39 is 10.8 Å². The van der Waals surface area contributed by atoms with E-state index >= 15 is 0 Å². The zero-order chi connectivity index (χ0) is 20.3.